The molecule has 0 unspecified atom stereocenters. The van der Waals surface area contributed by atoms with Crippen molar-refractivity contribution in [2.45, 2.75) is 25.4 Å². The minimum absolute atomic E-state index is 0.309. The van der Waals surface area contributed by atoms with Gasteiger partial charge in [0.25, 0.3) is 0 Å². The summed E-state index contributed by atoms with van der Waals surface area (Å²) >= 11 is 3.68. The van der Waals surface area contributed by atoms with Gasteiger partial charge in [0.15, 0.2) is 0 Å². The third kappa shape index (κ3) is 2.26. The van der Waals surface area contributed by atoms with Crippen molar-refractivity contribution in [3.05, 3.63) is 69.2 Å². The summed E-state index contributed by atoms with van der Waals surface area (Å²) in [7, 11) is 0. The molecule has 5 rings (SSSR count). The lowest BCUT2D eigenvalue weighted by Gasteiger charge is -2.28. The molecular formula is C23H16BrF3O. The van der Waals surface area contributed by atoms with E-state index in [1.165, 1.54) is 6.07 Å². The summed E-state index contributed by atoms with van der Waals surface area (Å²) in [5.74, 6) is 0.541. The van der Waals surface area contributed by atoms with Crippen molar-refractivity contribution in [3.8, 4) is 16.9 Å². The van der Waals surface area contributed by atoms with Crippen LogP contribution in [0, 0.1) is 0 Å². The van der Waals surface area contributed by atoms with Gasteiger partial charge in [0.1, 0.15) is 12.4 Å². The molecular weight excluding hydrogens is 429 g/mol. The third-order valence-corrected chi connectivity index (χ3v) is 6.43. The van der Waals surface area contributed by atoms with Gasteiger partial charge >= 0.3 is 6.18 Å². The highest BCUT2D eigenvalue weighted by Gasteiger charge is 2.42. The predicted molar refractivity (Wildman–Crippen MR) is 109 cm³/mol. The minimum atomic E-state index is -4.40. The van der Waals surface area contributed by atoms with Crippen molar-refractivity contribution >= 4 is 32.8 Å². The lowest BCUT2D eigenvalue weighted by molar-refractivity contribution is -0.137. The molecule has 0 amide bonds. The summed E-state index contributed by atoms with van der Waals surface area (Å²) in [6, 6.07) is 9.99. The second-order valence-corrected chi connectivity index (χ2v) is 8.61. The van der Waals surface area contributed by atoms with Crippen LogP contribution in [0.2, 0.25) is 0 Å². The molecule has 0 N–H and O–H groups in total. The van der Waals surface area contributed by atoms with Gasteiger partial charge in [-0.2, -0.15) is 13.2 Å². The molecule has 0 fully saturated rings. The van der Waals surface area contributed by atoms with Gasteiger partial charge in [0, 0.05) is 20.8 Å². The van der Waals surface area contributed by atoms with Gasteiger partial charge in [0.05, 0.1) is 5.56 Å². The first kappa shape index (κ1) is 17.8. The molecule has 0 saturated carbocycles. The quantitative estimate of drug-likeness (QED) is 0.352. The molecule has 0 saturated heterocycles. The Morgan fingerprint density at radius 3 is 2.57 bits per heavy atom. The lowest BCUT2D eigenvalue weighted by Crippen LogP contribution is -2.18. The van der Waals surface area contributed by atoms with Crippen molar-refractivity contribution in [3.63, 3.8) is 0 Å². The summed E-state index contributed by atoms with van der Waals surface area (Å²) in [5, 5.41) is 1.30. The molecule has 142 valence electrons. The van der Waals surface area contributed by atoms with Gasteiger partial charge in [-0.05, 0) is 51.9 Å². The molecule has 1 nitrogen and oxygen atoms in total. The largest absolute Gasteiger partial charge is 0.488 e. The van der Waals surface area contributed by atoms with E-state index < -0.39 is 11.7 Å². The van der Waals surface area contributed by atoms with E-state index in [0.717, 1.165) is 43.7 Å². The van der Waals surface area contributed by atoms with Crippen molar-refractivity contribution in [2.24, 2.45) is 0 Å². The fourth-order valence-corrected chi connectivity index (χ4v) is 5.55. The fourth-order valence-electron chi connectivity index (χ4n) is 4.69. The molecule has 0 atom stereocenters. The molecule has 1 heterocycles. The van der Waals surface area contributed by atoms with Crippen LogP contribution in [0.15, 0.2) is 46.9 Å². The van der Waals surface area contributed by atoms with Crippen molar-refractivity contribution in [1.82, 2.24) is 0 Å². The smallest absolute Gasteiger partial charge is 0.416 e. The first-order valence-electron chi connectivity index (χ1n) is 9.01. The molecule has 3 aromatic carbocycles. The van der Waals surface area contributed by atoms with E-state index in [1.807, 2.05) is 30.4 Å². The molecule has 0 radical (unpaired) electrons. The highest BCUT2D eigenvalue weighted by molar-refractivity contribution is 9.10. The number of benzene rings is 3. The van der Waals surface area contributed by atoms with Crippen LogP contribution in [0.4, 0.5) is 13.2 Å². The monoisotopic (exact) mass is 444 g/mol. The number of alkyl halides is 3. The zero-order valence-electron chi connectivity index (χ0n) is 15.2. The summed E-state index contributed by atoms with van der Waals surface area (Å²) in [6.45, 7) is 4.66. The second kappa shape index (κ2) is 5.63. The van der Waals surface area contributed by atoms with Gasteiger partial charge in [-0.1, -0.05) is 54.1 Å². The molecule has 1 aliphatic carbocycles. The zero-order valence-corrected chi connectivity index (χ0v) is 16.8. The van der Waals surface area contributed by atoms with Gasteiger partial charge in [-0.25, -0.2) is 0 Å². The van der Waals surface area contributed by atoms with Gasteiger partial charge in [-0.3, -0.25) is 0 Å². The van der Waals surface area contributed by atoms with Crippen molar-refractivity contribution < 1.29 is 17.9 Å². The molecule has 0 aromatic heterocycles. The van der Waals surface area contributed by atoms with E-state index in [1.54, 1.807) is 6.07 Å². The van der Waals surface area contributed by atoms with E-state index in [2.05, 4.69) is 29.8 Å². The lowest BCUT2D eigenvalue weighted by atomic mass is 9.78. The van der Waals surface area contributed by atoms with Crippen LogP contribution in [-0.2, 0) is 11.6 Å². The molecule has 0 bridgehead atoms. The Hall–Kier alpha value is -2.27. The number of hydrogen-bond donors (Lipinski definition) is 0. The Labute approximate surface area is 169 Å². The predicted octanol–water partition coefficient (Wildman–Crippen LogP) is 7.33. The van der Waals surface area contributed by atoms with Crippen molar-refractivity contribution in [2.75, 3.05) is 6.61 Å². The number of ether oxygens (including phenoxy) is 1. The van der Waals surface area contributed by atoms with Gasteiger partial charge in [-0.15, -0.1) is 0 Å². The highest BCUT2D eigenvalue weighted by Crippen LogP contribution is 2.58. The highest BCUT2D eigenvalue weighted by atomic mass is 79.9. The summed E-state index contributed by atoms with van der Waals surface area (Å²) < 4.78 is 47.0. The van der Waals surface area contributed by atoms with Gasteiger partial charge in [0.2, 0.25) is 0 Å². The van der Waals surface area contributed by atoms with Crippen LogP contribution in [0.25, 0.3) is 28.0 Å². The maximum Gasteiger partial charge on any atom is 0.416 e. The SMILES string of the molecule is CC1(C)c2c(Br)cccc2-c2c1c1c(c3cc(C(F)(F)F)ccc23)OCC=C1. The van der Waals surface area contributed by atoms with Crippen molar-refractivity contribution in [1.29, 1.82) is 0 Å². The van der Waals surface area contributed by atoms with E-state index in [-0.39, 0.29) is 5.41 Å². The van der Waals surface area contributed by atoms with Crippen LogP contribution >= 0.6 is 15.9 Å². The van der Waals surface area contributed by atoms with Crippen LogP contribution in [0.1, 0.15) is 36.1 Å². The molecule has 5 heteroatoms. The Bertz CT molecular complexity index is 1190. The summed E-state index contributed by atoms with van der Waals surface area (Å²) in [4.78, 5) is 0. The van der Waals surface area contributed by atoms with Crippen LogP contribution < -0.4 is 4.74 Å². The molecule has 28 heavy (non-hydrogen) atoms. The number of hydrogen-bond acceptors (Lipinski definition) is 1. The topological polar surface area (TPSA) is 9.23 Å². The number of rotatable bonds is 0. The summed E-state index contributed by atoms with van der Waals surface area (Å²) in [5.41, 5.74) is 4.22. The van der Waals surface area contributed by atoms with E-state index in [0.29, 0.717) is 17.7 Å². The number of halogens is 4. The minimum Gasteiger partial charge on any atom is -0.488 e. The molecule has 2 aliphatic rings. The zero-order chi connectivity index (χ0) is 19.8. The first-order chi connectivity index (χ1) is 13.2. The van der Waals surface area contributed by atoms with E-state index in [9.17, 15) is 13.2 Å². The standard InChI is InChI=1S/C23H16BrF3O/c1-22(2)19-14(5-3-7-17(19)24)18-13-9-8-12(23(25,26)27)11-16(13)21-15(20(18)22)6-4-10-28-21/h3-9,11H,10H2,1-2H3. The first-order valence-corrected chi connectivity index (χ1v) is 9.80. The maximum absolute atomic E-state index is 13.4. The normalized spacial score (nSPS) is 16.5. The van der Waals surface area contributed by atoms with Crippen LogP contribution in [0.5, 0.6) is 5.75 Å². The summed E-state index contributed by atoms with van der Waals surface area (Å²) in [6.07, 6.45) is -0.500. The Kier molecular flexibility index (Phi) is 3.58. The van der Waals surface area contributed by atoms with Crippen LogP contribution in [-0.4, -0.2) is 6.61 Å². The number of fused-ring (bicyclic) bond motifs is 8. The van der Waals surface area contributed by atoms with E-state index in [4.69, 9.17) is 4.74 Å². The van der Waals surface area contributed by atoms with Crippen LogP contribution in [0.3, 0.4) is 0 Å². The molecule has 3 aromatic rings. The fraction of sp³-hybridized carbons (Fsp3) is 0.217. The molecule has 1 aliphatic heterocycles. The Morgan fingerprint density at radius 1 is 1.04 bits per heavy atom. The second-order valence-electron chi connectivity index (χ2n) is 7.75. The molecule has 0 spiro atoms. The maximum atomic E-state index is 13.4. The average Bonchev–Trinajstić information content (AvgIpc) is 2.90. The third-order valence-electron chi connectivity index (χ3n) is 5.77. The Morgan fingerprint density at radius 2 is 1.82 bits per heavy atom. The average molecular weight is 445 g/mol. The van der Waals surface area contributed by atoms with Gasteiger partial charge < -0.3 is 4.74 Å². The Balaban J connectivity index is 1.99. The van der Waals surface area contributed by atoms with E-state index >= 15 is 0 Å².